The second-order valence-electron chi connectivity index (χ2n) is 4.63. The predicted molar refractivity (Wildman–Crippen MR) is 81.5 cm³/mol. The molecule has 0 rings (SSSR count). The lowest BCUT2D eigenvalue weighted by atomic mass is 10.1. The third kappa shape index (κ3) is 13.8. The SMILES string of the molecule is CCOC(CCCCCCCC=COCOC)OCC. The number of allylic oxidation sites excluding steroid dienone is 1. The van der Waals surface area contributed by atoms with Gasteiger partial charge in [0.2, 0.25) is 0 Å². The highest BCUT2D eigenvalue weighted by atomic mass is 16.7. The van der Waals surface area contributed by atoms with Gasteiger partial charge in [-0.15, -0.1) is 0 Å². The van der Waals surface area contributed by atoms with Crippen LogP contribution in [-0.4, -0.2) is 33.4 Å². The lowest BCUT2D eigenvalue weighted by Gasteiger charge is -2.16. The molecule has 0 saturated carbocycles. The first-order chi connectivity index (χ1) is 9.85. The predicted octanol–water partition coefficient (Wildman–Crippen LogP) is 4.25. The molecule has 0 aromatic heterocycles. The molecule has 20 heavy (non-hydrogen) atoms. The van der Waals surface area contributed by atoms with E-state index in [1.165, 1.54) is 32.1 Å². The highest BCUT2D eigenvalue weighted by Gasteiger charge is 2.06. The van der Waals surface area contributed by atoms with Crippen LogP contribution in [0.1, 0.15) is 58.8 Å². The van der Waals surface area contributed by atoms with E-state index in [1.54, 1.807) is 13.4 Å². The molecular formula is C16H32O4. The zero-order valence-corrected chi connectivity index (χ0v) is 13.4. The Hall–Kier alpha value is -0.580. The van der Waals surface area contributed by atoms with Crippen LogP contribution in [0.25, 0.3) is 0 Å². The van der Waals surface area contributed by atoms with Gasteiger partial charge >= 0.3 is 0 Å². The van der Waals surface area contributed by atoms with Crippen LogP contribution in [-0.2, 0) is 18.9 Å². The van der Waals surface area contributed by atoms with Gasteiger partial charge in [0.1, 0.15) is 0 Å². The van der Waals surface area contributed by atoms with E-state index in [9.17, 15) is 0 Å². The fourth-order valence-electron chi connectivity index (χ4n) is 1.93. The molecule has 120 valence electrons. The van der Waals surface area contributed by atoms with Gasteiger partial charge in [0.05, 0.1) is 6.26 Å². The van der Waals surface area contributed by atoms with Crippen molar-refractivity contribution in [3.63, 3.8) is 0 Å². The van der Waals surface area contributed by atoms with Crippen LogP contribution in [0.3, 0.4) is 0 Å². The molecule has 0 radical (unpaired) electrons. The molecule has 0 bridgehead atoms. The molecule has 0 aliphatic carbocycles. The summed E-state index contributed by atoms with van der Waals surface area (Å²) in [5, 5.41) is 0. The Labute approximate surface area is 124 Å². The Kier molecular flexibility index (Phi) is 16.0. The first kappa shape index (κ1) is 19.4. The number of methoxy groups -OCH3 is 1. The maximum Gasteiger partial charge on any atom is 0.187 e. The highest BCUT2D eigenvalue weighted by molar-refractivity contribution is 4.72. The van der Waals surface area contributed by atoms with E-state index >= 15 is 0 Å². The standard InChI is InChI=1S/C16H32O4/c1-4-19-16(20-5-2)13-11-9-7-6-8-10-12-14-18-15-17-3/h12,14,16H,4-11,13,15H2,1-3H3. The monoisotopic (exact) mass is 288 g/mol. The molecule has 4 heteroatoms. The summed E-state index contributed by atoms with van der Waals surface area (Å²) in [6.45, 7) is 5.80. The number of hydrogen-bond donors (Lipinski definition) is 0. The number of hydrogen-bond acceptors (Lipinski definition) is 4. The Bertz CT molecular complexity index is 201. The van der Waals surface area contributed by atoms with Gasteiger partial charge in [-0.2, -0.15) is 0 Å². The van der Waals surface area contributed by atoms with Crippen molar-refractivity contribution in [3.8, 4) is 0 Å². The Morgan fingerprint density at radius 2 is 1.55 bits per heavy atom. The second kappa shape index (κ2) is 16.5. The zero-order valence-electron chi connectivity index (χ0n) is 13.4. The van der Waals surface area contributed by atoms with Crippen LogP contribution < -0.4 is 0 Å². The van der Waals surface area contributed by atoms with Crippen LogP contribution in [0.15, 0.2) is 12.3 Å². The van der Waals surface area contributed by atoms with Crippen molar-refractivity contribution in [3.05, 3.63) is 12.3 Å². The van der Waals surface area contributed by atoms with Gasteiger partial charge in [0.25, 0.3) is 0 Å². The minimum absolute atomic E-state index is 0.00846. The average Bonchev–Trinajstić information content (AvgIpc) is 2.45. The maximum absolute atomic E-state index is 5.52. The molecule has 0 N–H and O–H groups in total. The van der Waals surface area contributed by atoms with Gasteiger partial charge < -0.3 is 18.9 Å². The quantitative estimate of drug-likeness (QED) is 0.256. The third-order valence-corrected chi connectivity index (χ3v) is 2.89. The molecule has 0 heterocycles. The minimum Gasteiger partial charge on any atom is -0.476 e. The molecule has 0 spiro atoms. The Morgan fingerprint density at radius 3 is 2.20 bits per heavy atom. The summed E-state index contributed by atoms with van der Waals surface area (Å²) < 4.78 is 20.9. The summed E-state index contributed by atoms with van der Waals surface area (Å²) in [5.41, 5.74) is 0. The van der Waals surface area contributed by atoms with Crippen LogP contribution >= 0.6 is 0 Å². The van der Waals surface area contributed by atoms with Crippen LogP contribution in [0.4, 0.5) is 0 Å². The van der Waals surface area contributed by atoms with Gasteiger partial charge in [-0.3, -0.25) is 0 Å². The summed E-state index contributed by atoms with van der Waals surface area (Å²) in [5.74, 6) is 0. The molecular weight excluding hydrogens is 256 g/mol. The maximum atomic E-state index is 5.52. The third-order valence-electron chi connectivity index (χ3n) is 2.89. The molecule has 0 unspecified atom stereocenters. The van der Waals surface area contributed by atoms with Crippen molar-refractivity contribution in [2.75, 3.05) is 27.1 Å². The molecule has 0 aliphatic heterocycles. The fourth-order valence-corrected chi connectivity index (χ4v) is 1.93. The fraction of sp³-hybridized carbons (Fsp3) is 0.875. The first-order valence-electron chi connectivity index (χ1n) is 7.83. The lowest BCUT2D eigenvalue weighted by molar-refractivity contribution is -0.140. The lowest BCUT2D eigenvalue weighted by Crippen LogP contribution is -2.17. The van der Waals surface area contributed by atoms with Gasteiger partial charge in [-0.05, 0) is 45.6 Å². The van der Waals surface area contributed by atoms with E-state index in [-0.39, 0.29) is 6.29 Å². The zero-order chi connectivity index (χ0) is 14.9. The Balaban J connectivity index is 3.28. The summed E-state index contributed by atoms with van der Waals surface area (Å²) in [7, 11) is 1.62. The molecule has 0 fully saturated rings. The molecule has 0 saturated heterocycles. The van der Waals surface area contributed by atoms with E-state index in [1.807, 2.05) is 13.8 Å². The van der Waals surface area contributed by atoms with Crippen LogP contribution in [0, 0.1) is 0 Å². The van der Waals surface area contributed by atoms with E-state index in [2.05, 4.69) is 6.08 Å². The smallest absolute Gasteiger partial charge is 0.187 e. The molecule has 0 amide bonds. The van der Waals surface area contributed by atoms with Crippen LogP contribution in [0.2, 0.25) is 0 Å². The van der Waals surface area contributed by atoms with Gasteiger partial charge in [0.15, 0.2) is 13.1 Å². The van der Waals surface area contributed by atoms with E-state index in [0.717, 1.165) is 26.1 Å². The van der Waals surface area contributed by atoms with Crippen molar-refractivity contribution >= 4 is 0 Å². The summed E-state index contributed by atoms with van der Waals surface area (Å²) in [6, 6.07) is 0. The van der Waals surface area contributed by atoms with E-state index in [0.29, 0.717) is 6.79 Å². The van der Waals surface area contributed by atoms with Gasteiger partial charge in [-0.1, -0.05) is 19.3 Å². The van der Waals surface area contributed by atoms with Crippen molar-refractivity contribution in [1.82, 2.24) is 0 Å². The molecule has 0 aromatic rings. The summed E-state index contributed by atoms with van der Waals surface area (Å²) in [6.07, 6.45) is 12.0. The number of ether oxygens (including phenoxy) is 4. The normalized spacial score (nSPS) is 11.6. The van der Waals surface area contributed by atoms with Crippen molar-refractivity contribution < 1.29 is 18.9 Å². The van der Waals surface area contributed by atoms with Crippen molar-refractivity contribution in [2.45, 2.75) is 65.1 Å². The van der Waals surface area contributed by atoms with Crippen molar-refractivity contribution in [1.29, 1.82) is 0 Å². The minimum atomic E-state index is -0.00846. The first-order valence-corrected chi connectivity index (χ1v) is 7.83. The van der Waals surface area contributed by atoms with Crippen molar-refractivity contribution in [2.24, 2.45) is 0 Å². The van der Waals surface area contributed by atoms with Gasteiger partial charge in [-0.25, -0.2) is 0 Å². The van der Waals surface area contributed by atoms with E-state index < -0.39 is 0 Å². The topological polar surface area (TPSA) is 36.9 Å². The average molecular weight is 288 g/mol. The number of unbranched alkanes of at least 4 members (excludes halogenated alkanes) is 5. The Morgan fingerprint density at radius 1 is 0.900 bits per heavy atom. The highest BCUT2D eigenvalue weighted by Crippen LogP contribution is 2.11. The number of rotatable bonds is 15. The summed E-state index contributed by atoms with van der Waals surface area (Å²) in [4.78, 5) is 0. The second-order valence-corrected chi connectivity index (χ2v) is 4.63. The largest absolute Gasteiger partial charge is 0.476 e. The van der Waals surface area contributed by atoms with E-state index in [4.69, 9.17) is 18.9 Å². The molecule has 0 aliphatic rings. The van der Waals surface area contributed by atoms with Crippen LogP contribution in [0.5, 0.6) is 0 Å². The molecule has 4 nitrogen and oxygen atoms in total. The van der Waals surface area contributed by atoms with Gasteiger partial charge in [0, 0.05) is 20.3 Å². The summed E-state index contributed by atoms with van der Waals surface area (Å²) >= 11 is 0. The molecule has 0 atom stereocenters. The molecule has 0 aromatic carbocycles.